The van der Waals surface area contributed by atoms with Gasteiger partial charge in [0.05, 0.1) is 9.61 Å². The van der Waals surface area contributed by atoms with Crippen LogP contribution in [0.15, 0.2) is 12.1 Å². The molecule has 1 aromatic rings. The largest absolute Gasteiger partial charge is 0.325 e. The van der Waals surface area contributed by atoms with Crippen LogP contribution in [0.3, 0.4) is 0 Å². The lowest BCUT2D eigenvalue weighted by Crippen LogP contribution is -2.36. The minimum absolute atomic E-state index is 0. The lowest BCUT2D eigenvalue weighted by Gasteiger charge is -2.12. The third-order valence-corrected chi connectivity index (χ3v) is 3.90. The van der Waals surface area contributed by atoms with E-state index in [9.17, 15) is 13.6 Å². The molecule has 1 atom stereocenters. The van der Waals surface area contributed by atoms with Crippen LogP contribution in [0.5, 0.6) is 0 Å². The number of amides is 1. The SMILES string of the molecule is CSCC[C@H](N)C(=O)Nc1cc(F)c(I)c(F)c1.Cl. The van der Waals surface area contributed by atoms with Crippen LogP contribution in [0.25, 0.3) is 0 Å². The van der Waals surface area contributed by atoms with Gasteiger partial charge in [0.2, 0.25) is 5.91 Å². The molecule has 0 unspecified atom stereocenters. The lowest BCUT2D eigenvalue weighted by atomic mass is 10.2. The van der Waals surface area contributed by atoms with Crippen LogP contribution in [0.2, 0.25) is 0 Å². The van der Waals surface area contributed by atoms with E-state index < -0.39 is 23.6 Å². The van der Waals surface area contributed by atoms with Crippen molar-refractivity contribution >= 4 is 58.4 Å². The normalized spacial score (nSPS) is 11.6. The zero-order chi connectivity index (χ0) is 13.7. The molecule has 0 aliphatic carbocycles. The molecule has 8 heteroatoms. The topological polar surface area (TPSA) is 55.1 Å². The number of nitrogens with two attached hydrogens (primary N) is 1. The van der Waals surface area contributed by atoms with Crippen LogP contribution in [-0.2, 0) is 4.79 Å². The van der Waals surface area contributed by atoms with Crippen molar-refractivity contribution in [2.24, 2.45) is 5.73 Å². The van der Waals surface area contributed by atoms with Crippen molar-refractivity contribution in [2.75, 3.05) is 17.3 Å². The summed E-state index contributed by atoms with van der Waals surface area (Å²) >= 11 is 3.14. The summed E-state index contributed by atoms with van der Waals surface area (Å²) in [6, 6.07) is 1.47. The summed E-state index contributed by atoms with van der Waals surface area (Å²) in [4.78, 5) is 11.6. The summed E-state index contributed by atoms with van der Waals surface area (Å²) in [7, 11) is 0. The van der Waals surface area contributed by atoms with Gasteiger partial charge in [-0.05, 0) is 53.2 Å². The average molecular weight is 423 g/mol. The third-order valence-electron chi connectivity index (χ3n) is 2.22. The van der Waals surface area contributed by atoms with Crippen LogP contribution < -0.4 is 11.1 Å². The van der Waals surface area contributed by atoms with Crippen LogP contribution in [0.4, 0.5) is 14.5 Å². The smallest absolute Gasteiger partial charge is 0.241 e. The molecule has 0 bridgehead atoms. The minimum atomic E-state index is -0.705. The van der Waals surface area contributed by atoms with Gasteiger partial charge in [0, 0.05) is 5.69 Å². The molecule has 0 aliphatic heterocycles. The molecule has 3 nitrogen and oxygen atoms in total. The monoisotopic (exact) mass is 422 g/mol. The van der Waals surface area contributed by atoms with E-state index in [0.29, 0.717) is 6.42 Å². The van der Waals surface area contributed by atoms with Gasteiger partial charge in [-0.1, -0.05) is 0 Å². The first kappa shape index (κ1) is 18.9. The van der Waals surface area contributed by atoms with Gasteiger partial charge in [-0.3, -0.25) is 4.79 Å². The second-order valence-corrected chi connectivity index (χ2v) is 5.70. The van der Waals surface area contributed by atoms with Gasteiger partial charge in [-0.15, -0.1) is 12.4 Å². The van der Waals surface area contributed by atoms with Gasteiger partial charge in [0.25, 0.3) is 0 Å². The first-order valence-electron chi connectivity index (χ1n) is 5.15. The van der Waals surface area contributed by atoms with E-state index in [1.165, 1.54) is 0 Å². The highest BCUT2D eigenvalue weighted by atomic mass is 127. The van der Waals surface area contributed by atoms with Crippen molar-refractivity contribution in [1.29, 1.82) is 0 Å². The van der Waals surface area contributed by atoms with Crippen LogP contribution in [0, 0.1) is 15.2 Å². The fraction of sp³-hybridized carbons (Fsp3) is 0.364. The summed E-state index contributed by atoms with van der Waals surface area (Å²) < 4.78 is 26.4. The number of benzene rings is 1. The Kier molecular flexibility index (Phi) is 8.88. The second kappa shape index (κ2) is 8.93. The predicted octanol–water partition coefficient (Wildman–Crippen LogP) is 3.01. The number of hydrogen-bond donors (Lipinski definition) is 2. The van der Waals surface area contributed by atoms with Crippen LogP contribution in [-0.4, -0.2) is 24.0 Å². The molecule has 1 aromatic carbocycles. The Morgan fingerprint density at radius 3 is 2.47 bits per heavy atom. The molecule has 19 heavy (non-hydrogen) atoms. The molecule has 1 rings (SSSR count). The number of anilines is 1. The van der Waals surface area contributed by atoms with E-state index in [-0.39, 0.29) is 21.7 Å². The van der Waals surface area contributed by atoms with Crippen molar-refractivity contribution in [2.45, 2.75) is 12.5 Å². The van der Waals surface area contributed by atoms with Gasteiger partial charge in [0.15, 0.2) is 0 Å². The maximum atomic E-state index is 13.3. The van der Waals surface area contributed by atoms with Gasteiger partial charge in [-0.25, -0.2) is 8.78 Å². The Morgan fingerprint density at radius 1 is 1.47 bits per heavy atom. The maximum absolute atomic E-state index is 13.3. The number of hydrogen-bond acceptors (Lipinski definition) is 3. The molecule has 108 valence electrons. The second-order valence-electron chi connectivity index (χ2n) is 3.63. The number of halogens is 4. The number of carbonyl (C=O) groups is 1. The standard InChI is InChI=1S/C11H13F2IN2OS.ClH/c1-18-3-2-9(15)11(17)16-6-4-7(12)10(14)8(13)5-6;/h4-5,9H,2-3,15H2,1H3,(H,16,17);1H/t9-;/m0./s1. The van der Waals surface area contributed by atoms with Crippen molar-refractivity contribution in [1.82, 2.24) is 0 Å². The average Bonchev–Trinajstić information content (AvgIpc) is 2.32. The van der Waals surface area contributed by atoms with E-state index in [0.717, 1.165) is 17.9 Å². The maximum Gasteiger partial charge on any atom is 0.241 e. The summed E-state index contributed by atoms with van der Waals surface area (Å²) in [6.45, 7) is 0. The molecule has 0 heterocycles. The highest BCUT2D eigenvalue weighted by Gasteiger charge is 2.15. The molecule has 0 radical (unpaired) electrons. The summed E-state index contributed by atoms with van der Waals surface area (Å²) in [5.74, 6) is -1.10. The third kappa shape index (κ3) is 5.80. The van der Waals surface area contributed by atoms with Crippen molar-refractivity contribution in [3.8, 4) is 0 Å². The van der Waals surface area contributed by atoms with Gasteiger partial charge < -0.3 is 11.1 Å². The highest BCUT2D eigenvalue weighted by Crippen LogP contribution is 2.20. The molecule has 0 saturated carbocycles. The Labute approximate surface area is 134 Å². The first-order chi connectivity index (χ1) is 8.45. The van der Waals surface area contributed by atoms with Gasteiger partial charge in [-0.2, -0.15) is 11.8 Å². The summed E-state index contributed by atoms with van der Waals surface area (Å²) in [5.41, 5.74) is 5.72. The Bertz CT molecular complexity index is 428. The number of rotatable bonds is 5. The number of carbonyl (C=O) groups excluding carboxylic acids is 1. The van der Waals surface area contributed by atoms with Crippen LogP contribution in [0.1, 0.15) is 6.42 Å². The fourth-order valence-electron chi connectivity index (χ4n) is 1.24. The quantitative estimate of drug-likeness (QED) is 0.567. The first-order valence-corrected chi connectivity index (χ1v) is 7.63. The molecule has 3 N–H and O–H groups in total. The van der Waals surface area contributed by atoms with E-state index >= 15 is 0 Å². The van der Waals surface area contributed by atoms with E-state index in [2.05, 4.69) is 5.32 Å². The Morgan fingerprint density at radius 2 is 2.00 bits per heavy atom. The highest BCUT2D eigenvalue weighted by molar-refractivity contribution is 14.1. The Hall–Kier alpha value is -0.120. The van der Waals surface area contributed by atoms with E-state index in [1.54, 1.807) is 34.4 Å². The van der Waals surface area contributed by atoms with E-state index in [1.807, 2.05) is 6.26 Å². The fourth-order valence-corrected chi connectivity index (χ4v) is 2.04. The van der Waals surface area contributed by atoms with Gasteiger partial charge in [0.1, 0.15) is 11.6 Å². The van der Waals surface area contributed by atoms with Crippen molar-refractivity contribution in [3.05, 3.63) is 27.3 Å². The van der Waals surface area contributed by atoms with E-state index in [4.69, 9.17) is 5.73 Å². The zero-order valence-corrected chi connectivity index (χ0v) is 13.9. The molecule has 0 saturated heterocycles. The minimum Gasteiger partial charge on any atom is -0.325 e. The van der Waals surface area contributed by atoms with Crippen LogP contribution >= 0.6 is 46.8 Å². The zero-order valence-electron chi connectivity index (χ0n) is 10.1. The summed E-state index contributed by atoms with van der Waals surface area (Å²) in [5, 5.41) is 2.40. The van der Waals surface area contributed by atoms with Gasteiger partial charge >= 0.3 is 0 Å². The molecular weight excluding hydrogens is 409 g/mol. The molecule has 0 spiro atoms. The summed E-state index contributed by atoms with van der Waals surface area (Å²) in [6.07, 6.45) is 2.43. The van der Waals surface area contributed by atoms with Crippen molar-refractivity contribution < 1.29 is 13.6 Å². The molecular formula is C11H14ClF2IN2OS. The van der Waals surface area contributed by atoms with Crippen molar-refractivity contribution in [3.63, 3.8) is 0 Å². The predicted molar refractivity (Wildman–Crippen MR) is 85.9 cm³/mol. The molecule has 1 amide bonds. The molecule has 0 aliphatic rings. The Balaban J connectivity index is 0.00000324. The molecule has 0 fully saturated rings. The number of nitrogens with one attached hydrogen (secondary N) is 1. The lowest BCUT2D eigenvalue weighted by molar-refractivity contribution is -0.117. The molecule has 0 aromatic heterocycles. The number of thioether (sulfide) groups is 1.